The van der Waals surface area contributed by atoms with Crippen molar-refractivity contribution >= 4 is 23.1 Å². The van der Waals surface area contributed by atoms with Crippen LogP contribution in [0.1, 0.15) is 37.4 Å². The summed E-state index contributed by atoms with van der Waals surface area (Å²) in [6.45, 7) is 5.94. The summed E-state index contributed by atoms with van der Waals surface area (Å²) in [5, 5.41) is 11.2. The van der Waals surface area contributed by atoms with Crippen LogP contribution in [0.15, 0.2) is 54.1 Å². The fourth-order valence-corrected chi connectivity index (χ4v) is 4.10. The van der Waals surface area contributed by atoms with Gasteiger partial charge in [0, 0.05) is 31.9 Å². The molecular formula is C28H37N3O4. The molecule has 1 aliphatic heterocycles. The van der Waals surface area contributed by atoms with E-state index in [0.29, 0.717) is 36.8 Å². The molecule has 3 rings (SSSR count). The molecule has 7 heteroatoms. The number of hydrogen-bond acceptors (Lipinski definition) is 6. The van der Waals surface area contributed by atoms with Gasteiger partial charge in [-0.2, -0.15) is 0 Å². The minimum Gasteiger partial charge on any atom is -0.507 e. The molecule has 35 heavy (non-hydrogen) atoms. The lowest BCUT2D eigenvalue weighted by atomic mass is 9.95. The summed E-state index contributed by atoms with van der Waals surface area (Å²) in [5.41, 5.74) is 2.39. The van der Waals surface area contributed by atoms with E-state index in [0.717, 1.165) is 17.8 Å². The normalized spacial score (nSPS) is 17.5. The van der Waals surface area contributed by atoms with Crippen LogP contribution in [0.25, 0.3) is 5.76 Å². The van der Waals surface area contributed by atoms with Crippen molar-refractivity contribution in [3.8, 4) is 5.75 Å². The lowest BCUT2D eigenvalue weighted by Crippen LogP contribution is -2.32. The molecule has 0 bridgehead atoms. The molecule has 0 saturated carbocycles. The van der Waals surface area contributed by atoms with Crippen LogP contribution in [0.3, 0.4) is 0 Å². The van der Waals surface area contributed by atoms with E-state index in [-0.39, 0.29) is 11.3 Å². The van der Waals surface area contributed by atoms with Gasteiger partial charge in [-0.15, -0.1) is 0 Å². The molecule has 7 nitrogen and oxygen atoms in total. The fourth-order valence-electron chi connectivity index (χ4n) is 4.10. The largest absolute Gasteiger partial charge is 0.507 e. The molecule has 1 atom stereocenters. The molecule has 2 aromatic carbocycles. The van der Waals surface area contributed by atoms with Crippen LogP contribution in [0.4, 0.5) is 5.69 Å². The lowest BCUT2D eigenvalue weighted by molar-refractivity contribution is -0.139. The first kappa shape index (κ1) is 26.3. The van der Waals surface area contributed by atoms with Gasteiger partial charge in [-0.1, -0.05) is 26.0 Å². The number of Topliss-reactive ketones (excluding diaryl/α,β-unsaturated/α-hetero) is 1. The maximum Gasteiger partial charge on any atom is 0.295 e. The van der Waals surface area contributed by atoms with Crippen molar-refractivity contribution in [1.29, 1.82) is 0 Å². The maximum atomic E-state index is 13.2. The molecule has 0 spiro atoms. The van der Waals surface area contributed by atoms with Gasteiger partial charge in [0.05, 0.1) is 18.2 Å². The van der Waals surface area contributed by atoms with E-state index in [9.17, 15) is 14.7 Å². The highest BCUT2D eigenvalue weighted by atomic mass is 16.5. The van der Waals surface area contributed by atoms with Gasteiger partial charge < -0.3 is 24.5 Å². The summed E-state index contributed by atoms with van der Waals surface area (Å²) in [7, 11) is 7.86. The number of benzene rings is 2. The molecule has 1 unspecified atom stereocenters. The summed E-state index contributed by atoms with van der Waals surface area (Å²) in [6, 6.07) is 14.1. The van der Waals surface area contributed by atoms with E-state index in [1.165, 1.54) is 0 Å². The Labute approximate surface area is 208 Å². The number of ether oxygens (including phenoxy) is 1. The molecule has 2 aromatic rings. The first-order chi connectivity index (χ1) is 16.6. The summed E-state index contributed by atoms with van der Waals surface area (Å²) >= 11 is 0. The molecular weight excluding hydrogens is 442 g/mol. The number of ketones is 1. The Morgan fingerprint density at radius 3 is 2.17 bits per heavy atom. The fraction of sp³-hybridized carbons (Fsp3) is 0.429. The van der Waals surface area contributed by atoms with Gasteiger partial charge in [0.15, 0.2) is 0 Å². The second kappa shape index (κ2) is 11.4. The van der Waals surface area contributed by atoms with Gasteiger partial charge in [-0.25, -0.2) is 0 Å². The highest BCUT2D eigenvalue weighted by Crippen LogP contribution is 2.40. The monoisotopic (exact) mass is 479 g/mol. The zero-order valence-corrected chi connectivity index (χ0v) is 21.6. The van der Waals surface area contributed by atoms with Crippen LogP contribution in [0, 0.1) is 5.92 Å². The second-order valence-corrected chi connectivity index (χ2v) is 9.86. The summed E-state index contributed by atoms with van der Waals surface area (Å²) in [6.07, 6.45) is 0.716. The van der Waals surface area contributed by atoms with Crippen LogP contribution in [-0.4, -0.2) is 74.5 Å². The summed E-state index contributed by atoms with van der Waals surface area (Å²) in [4.78, 5) is 31.9. The Balaban J connectivity index is 2.01. The smallest absolute Gasteiger partial charge is 0.295 e. The molecule has 0 aromatic heterocycles. The average molecular weight is 480 g/mol. The number of carbonyl (C=O) groups is 2. The van der Waals surface area contributed by atoms with E-state index < -0.39 is 17.7 Å². The Morgan fingerprint density at radius 1 is 1.00 bits per heavy atom. The number of hydrogen-bond donors (Lipinski definition) is 1. The SMILES string of the molecule is CC(C)COc1ccc(/C(O)=C2/C(=O)C(=O)N(CCCN(C)C)C2c2ccc(N(C)C)cc2)cc1. The first-order valence-corrected chi connectivity index (χ1v) is 12.0. The standard InChI is InChI=1S/C28H37N3O4/c1-19(2)18-35-23-14-10-21(11-15-23)26(32)24-25(20-8-12-22(13-9-20)30(5)6)31(28(34)27(24)33)17-7-16-29(3)4/h8-15,19,25,32H,7,16-18H2,1-6H3/b26-24-. The van der Waals surface area contributed by atoms with Crippen LogP contribution in [0.2, 0.25) is 0 Å². The minimum atomic E-state index is -0.658. The number of rotatable bonds is 10. The number of aliphatic hydroxyl groups is 1. The molecule has 1 heterocycles. The van der Waals surface area contributed by atoms with E-state index in [2.05, 4.69) is 13.8 Å². The highest BCUT2D eigenvalue weighted by Gasteiger charge is 2.45. The molecule has 1 amide bonds. The van der Waals surface area contributed by atoms with Crippen LogP contribution >= 0.6 is 0 Å². The van der Waals surface area contributed by atoms with Gasteiger partial charge in [0.1, 0.15) is 11.5 Å². The molecule has 1 aliphatic rings. The van der Waals surface area contributed by atoms with Crippen molar-refractivity contribution in [2.45, 2.75) is 26.3 Å². The topological polar surface area (TPSA) is 73.3 Å². The highest BCUT2D eigenvalue weighted by molar-refractivity contribution is 6.46. The Morgan fingerprint density at radius 2 is 1.63 bits per heavy atom. The van der Waals surface area contributed by atoms with E-state index in [1.807, 2.05) is 62.3 Å². The third kappa shape index (κ3) is 6.22. The van der Waals surface area contributed by atoms with Gasteiger partial charge >= 0.3 is 0 Å². The van der Waals surface area contributed by atoms with Gasteiger partial charge in [-0.05, 0) is 74.9 Å². The predicted molar refractivity (Wildman–Crippen MR) is 140 cm³/mol. The third-order valence-electron chi connectivity index (χ3n) is 5.98. The van der Waals surface area contributed by atoms with Gasteiger partial charge in [0.2, 0.25) is 0 Å². The van der Waals surface area contributed by atoms with E-state index >= 15 is 0 Å². The number of carbonyl (C=O) groups excluding carboxylic acids is 2. The van der Waals surface area contributed by atoms with Gasteiger partial charge in [-0.3, -0.25) is 9.59 Å². The Hall–Kier alpha value is -3.32. The quantitative estimate of drug-likeness (QED) is 0.313. The third-order valence-corrected chi connectivity index (χ3v) is 5.98. The molecule has 188 valence electrons. The van der Waals surface area contributed by atoms with E-state index in [4.69, 9.17) is 4.74 Å². The molecule has 1 saturated heterocycles. The minimum absolute atomic E-state index is 0.119. The van der Waals surface area contributed by atoms with Gasteiger partial charge in [0.25, 0.3) is 11.7 Å². The van der Waals surface area contributed by atoms with Crippen molar-refractivity contribution in [2.75, 3.05) is 52.8 Å². The van der Waals surface area contributed by atoms with Crippen LogP contribution < -0.4 is 9.64 Å². The summed E-state index contributed by atoms with van der Waals surface area (Å²) < 4.78 is 5.73. The molecule has 1 N–H and O–H groups in total. The maximum absolute atomic E-state index is 13.2. The van der Waals surface area contributed by atoms with Crippen LogP contribution in [-0.2, 0) is 9.59 Å². The van der Waals surface area contributed by atoms with Crippen molar-refractivity contribution in [3.63, 3.8) is 0 Å². The first-order valence-electron chi connectivity index (χ1n) is 12.0. The van der Waals surface area contributed by atoms with Crippen LogP contribution in [0.5, 0.6) is 5.75 Å². The summed E-state index contributed by atoms with van der Waals surface area (Å²) in [5.74, 6) is -0.325. The van der Waals surface area contributed by atoms with E-state index in [1.54, 1.807) is 29.2 Å². The van der Waals surface area contributed by atoms with Crippen molar-refractivity contribution in [3.05, 3.63) is 65.2 Å². The number of aliphatic hydroxyl groups excluding tert-OH is 1. The predicted octanol–water partition coefficient (Wildman–Crippen LogP) is 4.16. The number of anilines is 1. The zero-order chi connectivity index (χ0) is 25.7. The lowest BCUT2D eigenvalue weighted by Gasteiger charge is -2.26. The average Bonchev–Trinajstić information content (AvgIpc) is 3.07. The molecule has 0 radical (unpaired) electrons. The van der Waals surface area contributed by atoms with Crippen molar-refractivity contribution < 1.29 is 19.4 Å². The molecule has 1 fully saturated rings. The second-order valence-electron chi connectivity index (χ2n) is 9.86. The number of nitrogens with zero attached hydrogens (tertiary/aromatic N) is 3. The number of likely N-dealkylation sites (tertiary alicyclic amines) is 1. The number of amides is 1. The zero-order valence-electron chi connectivity index (χ0n) is 21.6. The Bertz CT molecular complexity index is 1060. The Kier molecular flexibility index (Phi) is 8.57. The van der Waals surface area contributed by atoms with Crippen molar-refractivity contribution in [1.82, 2.24) is 9.80 Å². The van der Waals surface area contributed by atoms with Crippen molar-refractivity contribution in [2.24, 2.45) is 5.92 Å². The molecule has 0 aliphatic carbocycles.